The SMILES string of the molecule is CN(C)CCn1c2c(c(SCC(=O)Nc3ccc(Cl)c(Cl)c3)nc1=O)CCCC2. The monoisotopic (exact) mass is 454 g/mol. The lowest BCUT2D eigenvalue weighted by Crippen LogP contribution is -2.33. The Balaban J connectivity index is 1.73. The highest BCUT2D eigenvalue weighted by molar-refractivity contribution is 8.00. The van der Waals surface area contributed by atoms with Crippen molar-refractivity contribution in [2.45, 2.75) is 37.3 Å². The molecule has 0 aliphatic heterocycles. The van der Waals surface area contributed by atoms with Crippen molar-refractivity contribution in [1.82, 2.24) is 14.5 Å². The molecule has 3 rings (SSSR count). The van der Waals surface area contributed by atoms with Crippen molar-refractivity contribution in [3.8, 4) is 0 Å². The second-order valence-corrected chi connectivity index (χ2v) is 9.03. The second-order valence-electron chi connectivity index (χ2n) is 7.25. The molecule has 1 aromatic carbocycles. The van der Waals surface area contributed by atoms with E-state index in [0.29, 0.717) is 27.3 Å². The summed E-state index contributed by atoms with van der Waals surface area (Å²) in [5.74, 6) is -0.0163. The molecule has 0 atom stereocenters. The van der Waals surface area contributed by atoms with Crippen LogP contribution in [0.4, 0.5) is 5.69 Å². The van der Waals surface area contributed by atoms with Crippen molar-refractivity contribution in [1.29, 1.82) is 0 Å². The summed E-state index contributed by atoms with van der Waals surface area (Å²) >= 11 is 13.2. The predicted molar refractivity (Wildman–Crippen MR) is 120 cm³/mol. The third-order valence-electron chi connectivity index (χ3n) is 4.76. The Labute approximate surface area is 184 Å². The van der Waals surface area contributed by atoms with Crippen molar-refractivity contribution in [3.05, 3.63) is 50.0 Å². The van der Waals surface area contributed by atoms with Gasteiger partial charge < -0.3 is 10.2 Å². The molecule has 1 amide bonds. The average molecular weight is 455 g/mol. The van der Waals surface area contributed by atoms with Gasteiger partial charge in [-0.3, -0.25) is 9.36 Å². The molecule has 1 aliphatic rings. The maximum atomic E-state index is 12.6. The maximum absolute atomic E-state index is 12.6. The van der Waals surface area contributed by atoms with E-state index in [-0.39, 0.29) is 17.3 Å². The molecule has 0 unspecified atom stereocenters. The molecule has 0 saturated heterocycles. The van der Waals surface area contributed by atoms with Crippen molar-refractivity contribution >= 4 is 46.6 Å². The van der Waals surface area contributed by atoms with Gasteiger partial charge >= 0.3 is 5.69 Å². The summed E-state index contributed by atoms with van der Waals surface area (Å²) in [7, 11) is 3.98. The Morgan fingerprint density at radius 1 is 1.24 bits per heavy atom. The number of likely N-dealkylation sites (N-methyl/N-ethyl adjacent to an activating group) is 1. The van der Waals surface area contributed by atoms with E-state index in [2.05, 4.69) is 15.2 Å². The van der Waals surface area contributed by atoms with Gasteiger partial charge in [0.2, 0.25) is 5.91 Å². The molecule has 1 N–H and O–H groups in total. The Morgan fingerprint density at radius 3 is 2.72 bits per heavy atom. The van der Waals surface area contributed by atoms with Crippen molar-refractivity contribution in [2.75, 3.05) is 31.7 Å². The highest BCUT2D eigenvalue weighted by atomic mass is 35.5. The van der Waals surface area contributed by atoms with Crippen LogP contribution in [0.2, 0.25) is 10.0 Å². The third-order valence-corrected chi connectivity index (χ3v) is 6.52. The molecule has 2 aromatic rings. The van der Waals surface area contributed by atoms with Crippen molar-refractivity contribution < 1.29 is 4.79 Å². The maximum Gasteiger partial charge on any atom is 0.348 e. The number of benzene rings is 1. The van der Waals surface area contributed by atoms with Gasteiger partial charge in [0.1, 0.15) is 5.03 Å². The van der Waals surface area contributed by atoms with E-state index in [0.717, 1.165) is 43.5 Å². The van der Waals surface area contributed by atoms with Gasteiger partial charge in [-0.05, 0) is 58.0 Å². The van der Waals surface area contributed by atoms with Crippen LogP contribution in [-0.2, 0) is 24.2 Å². The normalized spacial score (nSPS) is 13.4. The third kappa shape index (κ3) is 5.75. The second kappa shape index (κ2) is 9.98. The molecule has 0 bridgehead atoms. The zero-order chi connectivity index (χ0) is 21.0. The van der Waals surface area contributed by atoms with Crippen LogP contribution in [0.1, 0.15) is 24.1 Å². The van der Waals surface area contributed by atoms with E-state index >= 15 is 0 Å². The number of carbonyl (C=O) groups is 1. The number of carbonyl (C=O) groups excluding carboxylic acids is 1. The van der Waals surface area contributed by atoms with Crippen LogP contribution in [0.3, 0.4) is 0 Å². The minimum Gasteiger partial charge on any atom is -0.325 e. The van der Waals surface area contributed by atoms with Crippen LogP contribution in [-0.4, -0.2) is 46.8 Å². The standard InChI is InChI=1S/C20H24Cl2N4O2S/c1-25(2)9-10-26-17-6-4-3-5-14(17)19(24-20(26)28)29-12-18(27)23-13-7-8-15(21)16(22)11-13/h7-8,11H,3-6,9-10,12H2,1-2H3,(H,23,27). The first-order valence-electron chi connectivity index (χ1n) is 9.50. The van der Waals surface area contributed by atoms with Gasteiger partial charge in [-0.2, -0.15) is 4.98 Å². The fraction of sp³-hybridized carbons (Fsp3) is 0.450. The van der Waals surface area contributed by atoms with Gasteiger partial charge in [-0.1, -0.05) is 35.0 Å². The lowest BCUT2D eigenvalue weighted by Gasteiger charge is -2.23. The molecule has 0 fully saturated rings. The highest BCUT2D eigenvalue weighted by Gasteiger charge is 2.21. The molecule has 1 aromatic heterocycles. The minimum atomic E-state index is -0.236. The molecule has 0 radical (unpaired) electrons. The van der Waals surface area contributed by atoms with E-state index in [1.807, 2.05) is 14.1 Å². The van der Waals surface area contributed by atoms with Crippen LogP contribution >= 0.6 is 35.0 Å². The molecule has 1 aliphatic carbocycles. The highest BCUT2D eigenvalue weighted by Crippen LogP contribution is 2.29. The number of halogens is 2. The van der Waals surface area contributed by atoms with E-state index in [1.54, 1.807) is 22.8 Å². The number of hydrogen-bond acceptors (Lipinski definition) is 5. The summed E-state index contributed by atoms with van der Waals surface area (Å²) in [6.45, 7) is 1.41. The largest absolute Gasteiger partial charge is 0.348 e. The van der Waals surface area contributed by atoms with Crippen LogP contribution in [0.25, 0.3) is 0 Å². The number of amides is 1. The zero-order valence-electron chi connectivity index (χ0n) is 16.5. The average Bonchev–Trinajstić information content (AvgIpc) is 2.68. The first-order valence-corrected chi connectivity index (χ1v) is 11.2. The molecular weight excluding hydrogens is 431 g/mol. The van der Waals surface area contributed by atoms with Gasteiger partial charge in [0.05, 0.1) is 15.8 Å². The number of fused-ring (bicyclic) bond motifs is 1. The van der Waals surface area contributed by atoms with Crippen LogP contribution < -0.4 is 11.0 Å². The number of rotatable bonds is 7. The van der Waals surface area contributed by atoms with Crippen molar-refractivity contribution in [2.24, 2.45) is 0 Å². The lowest BCUT2D eigenvalue weighted by atomic mass is 9.97. The summed E-state index contributed by atoms with van der Waals surface area (Å²) in [6.07, 6.45) is 3.91. The Bertz CT molecular complexity index is 962. The van der Waals surface area contributed by atoms with Gasteiger partial charge in [0.15, 0.2) is 0 Å². The molecule has 0 saturated carbocycles. The molecule has 29 heavy (non-hydrogen) atoms. The fourth-order valence-electron chi connectivity index (χ4n) is 3.30. The Morgan fingerprint density at radius 2 is 2.00 bits per heavy atom. The number of thioether (sulfide) groups is 1. The molecule has 156 valence electrons. The minimum absolute atomic E-state index is 0.167. The zero-order valence-corrected chi connectivity index (χ0v) is 18.8. The van der Waals surface area contributed by atoms with Gasteiger partial charge in [0.25, 0.3) is 0 Å². The van der Waals surface area contributed by atoms with Gasteiger partial charge in [-0.15, -0.1) is 0 Å². The van der Waals surface area contributed by atoms with Gasteiger partial charge in [0, 0.05) is 30.0 Å². The van der Waals surface area contributed by atoms with E-state index in [9.17, 15) is 9.59 Å². The summed E-state index contributed by atoms with van der Waals surface area (Å²) in [5.41, 5.74) is 2.53. The number of anilines is 1. The lowest BCUT2D eigenvalue weighted by molar-refractivity contribution is -0.113. The molecule has 9 heteroatoms. The first-order chi connectivity index (χ1) is 13.8. The summed E-state index contributed by atoms with van der Waals surface area (Å²) < 4.78 is 1.80. The number of nitrogens with zero attached hydrogens (tertiary/aromatic N) is 3. The summed E-state index contributed by atoms with van der Waals surface area (Å²) in [6, 6.07) is 4.94. The van der Waals surface area contributed by atoms with Crippen molar-refractivity contribution in [3.63, 3.8) is 0 Å². The van der Waals surface area contributed by atoms with E-state index < -0.39 is 0 Å². The Kier molecular flexibility index (Phi) is 7.62. The summed E-state index contributed by atoms with van der Waals surface area (Å²) in [4.78, 5) is 31.3. The fourth-order valence-corrected chi connectivity index (χ4v) is 4.48. The number of hydrogen-bond donors (Lipinski definition) is 1. The van der Waals surface area contributed by atoms with Crippen LogP contribution in [0, 0.1) is 0 Å². The first kappa shape index (κ1) is 22.2. The number of aromatic nitrogens is 2. The molecule has 1 heterocycles. The van der Waals surface area contributed by atoms with Gasteiger partial charge in [-0.25, -0.2) is 4.79 Å². The van der Waals surface area contributed by atoms with Crippen LogP contribution in [0.5, 0.6) is 0 Å². The molecule has 6 nitrogen and oxygen atoms in total. The van der Waals surface area contributed by atoms with E-state index in [1.165, 1.54) is 11.8 Å². The summed E-state index contributed by atoms with van der Waals surface area (Å²) in [5, 5.41) is 4.29. The quantitative estimate of drug-likeness (QED) is 0.509. The molecule has 0 spiro atoms. The smallest absolute Gasteiger partial charge is 0.325 e. The molecular formula is C20H24Cl2N4O2S. The topological polar surface area (TPSA) is 67.2 Å². The van der Waals surface area contributed by atoms with E-state index in [4.69, 9.17) is 23.2 Å². The predicted octanol–water partition coefficient (Wildman–Crippen LogP) is 3.72. The number of nitrogens with one attached hydrogen (secondary N) is 1. The Hall–Kier alpha value is -1.54. The van der Waals surface area contributed by atoms with Crippen LogP contribution in [0.15, 0.2) is 28.0 Å².